The van der Waals surface area contributed by atoms with Crippen LogP contribution in [0, 0.1) is 29.1 Å². The van der Waals surface area contributed by atoms with Crippen molar-refractivity contribution < 1.29 is 9.53 Å². The number of hydrogen-bond donors (Lipinski definition) is 1. The van der Waals surface area contributed by atoms with Crippen molar-refractivity contribution in [1.29, 1.82) is 5.26 Å². The Labute approximate surface area is 145 Å². The van der Waals surface area contributed by atoms with E-state index in [2.05, 4.69) is 18.3 Å². The second-order valence-corrected chi connectivity index (χ2v) is 7.93. The molecule has 0 aromatic heterocycles. The molecule has 3 rings (SSSR count). The smallest absolute Gasteiger partial charge is 0.266 e. The number of amides is 1. The Morgan fingerprint density at radius 3 is 2.54 bits per heavy atom. The van der Waals surface area contributed by atoms with Crippen LogP contribution < -0.4 is 5.32 Å². The summed E-state index contributed by atoms with van der Waals surface area (Å²) in [7, 11) is 0. The summed E-state index contributed by atoms with van der Waals surface area (Å²) in [4.78, 5) is 14.4. The monoisotopic (exact) mass is 331 g/mol. The fourth-order valence-electron chi connectivity index (χ4n) is 4.90. The van der Waals surface area contributed by atoms with E-state index in [0.717, 1.165) is 11.8 Å². The van der Waals surface area contributed by atoms with Crippen molar-refractivity contribution in [3.63, 3.8) is 0 Å². The molecule has 2 bridgehead atoms. The first-order valence-electron chi connectivity index (χ1n) is 9.29. The van der Waals surface area contributed by atoms with Crippen LogP contribution in [0.5, 0.6) is 0 Å². The minimum Gasteiger partial charge on any atom is -0.387 e. The van der Waals surface area contributed by atoms with Crippen LogP contribution >= 0.6 is 0 Å². The maximum Gasteiger partial charge on any atom is 0.266 e. The molecule has 1 saturated heterocycles. The molecule has 3 aliphatic rings. The fourth-order valence-corrected chi connectivity index (χ4v) is 4.90. The van der Waals surface area contributed by atoms with Gasteiger partial charge in [0, 0.05) is 25.3 Å². The van der Waals surface area contributed by atoms with Gasteiger partial charge in [0.05, 0.1) is 12.2 Å². The molecule has 24 heavy (non-hydrogen) atoms. The number of fused-ring (bicyclic) bond motifs is 2. The summed E-state index contributed by atoms with van der Waals surface area (Å²) in [6, 6.07) is 2.39. The third-order valence-electron chi connectivity index (χ3n) is 5.98. The number of nitriles is 1. The van der Waals surface area contributed by atoms with Crippen LogP contribution in [0.1, 0.15) is 46.5 Å². The topological polar surface area (TPSA) is 65.4 Å². The zero-order chi connectivity index (χ0) is 17.3. The van der Waals surface area contributed by atoms with Gasteiger partial charge in [0.25, 0.3) is 5.91 Å². The van der Waals surface area contributed by atoms with Gasteiger partial charge >= 0.3 is 0 Å². The zero-order valence-electron chi connectivity index (χ0n) is 15.0. The van der Waals surface area contributed by atoms with Gasteiger partial charge < -0.3 is 15.0 Å². The third-order valence-corrected chi connectivity index (χ3v) is 5.98. The van der Waals surface area contributed by atoms with Crippen LogP contribution in [0.4, 0.5) is 0 Å². The van der Waals surface area contributed by atoms with Gasteiger partial charge in [0.2, 0.25) is 0 Å². The third kappa shape index (κ3) is 3.59. The highest BCUT2D eigenvalue weighted by atomic mass is 16.5. The average Bonchev–Trinajstić information content (AvgIpc) is 3.17. The molecule has 0 radical (unpaired) electrons. The molecule has 1 heterocycles. The quantitative estimate of drug-likeness (QED) is 0.635. The first-order valence-corrected chi connectivity index (χ1v) is 9.29. The van der Waals surface area contributed by atoms with Gasteiger partial charge in [0.15, 0.2) is 0 Å². The Bertz CT molecular complexity index is 543. The minimum atomic E-state index is -0.188. The molecule has 6 unspecified atom stereocenters. The number of carbonyl (C=O) groups excluding carboxylic acids is 1. The van der Waals surface area contributed by atoms with E-state index < -0.39 is 0 Å². The summed E-state index contributed by atoms with van der Waals surface area (Å²) in [6.07, 6.45) is 7.06. The normalized spacial score (nSPS) is 37.2. The molecule has 1 amide bonds. The summed E-state index contributed by atoms with van der Waals surface area (Å²) in [5.74, 6) is 2.22. The van der Waals surface area contributed by atoms with Crippen molar-refractivity contribution in [2.75, 3.05) is 13.1 Å². The Morgan fingerprint density at radius 1 is 1.29 bits per heavy atom. The van der Waals surface area contributed by atoms with Gasteiger partial charge in [-0.25, -0.2) is 0 Å². The van der Waals surface area contributed by atoms with Gasteiger partial charge in [-0.1, -0.05) is 6.42 Å². The molecule has 2 saturated carbocycles. The Kier molecular flexibility index (Phi) is 5.15. The molecule has 0 aromatic carbocycles. The highest BCUT2D eigenvalue weighted by Crippen LogP contribution is 2.49. The summed E-state index contributed by atoms with van der Waals surface area (Å²) in [6.45, 7) is 7.19. The van der Waals surface area contributed by atoms with E-state index in [1.165, 1.54) is 25.7 Å². The second kappa shape index (κ2) is 7.14. The Balaban J connectivity index is 1.59. The molecule has 1 N–H and O–H groups in total. The Morgan fingerprint density at radius 2 is 2.00 bits per heavy atom. The van der Waals surface area contributed by atoms with Crippen LogP contribution in [-0.4, -0.2) is 42.1 Å². The van der Waals surface area contributed by atoms with E-state index in [0.29, 0.717) is 25.0 Å². The van der Waals surface area contributed by atoms with Crippen molar-refractivity contribution in [2.45, 2.75) is 64.7 Å². The number of hydrogen-bond acceptors (Lipinski definition) is 4. The highest BCUT2D eigenvalue weighted by Gasteiger charge is 2.41. The number of carbonyl (C=O) groups is 1. The number of nitrogens with one attached hydrogen (secondary N) is 1. The van der Waals surface area contributed by atoms with Gasteiger partial charge in [0.1, 0.15) is 11.6 Å². The number of rotatable bonds is 4. The lowest BCUT2D eigenvalue weighted by atomic mass is 9.84. The largest absolute Gasteiger partial charge is 0.387 e. The molecule has 2 aliphatic carbocycles. The van der Waals surface area contributed by atoms with Crippen LogP contribution in [-0.2, 0) is 9.53 Å². The summed E-state index contributed by atoms with van der Waals surface area (Å²) < 4.78 is 5.66. The molecule has 5 nitrogen and oxygen atoms in total. The standard InChI is InChI=1S/C19H29N3O2/c1-12-10-22(11-13(2)24-12)19(23)17(8-20)9-21-14(3)18-7-15-4-5-16(18)6-15/h9,12-16,18,21H,4-7,10-11H2,1-3H3/b17-9-. The lowest BCUT2D eigenvalue weighted by Crippen LogP contribution is -2.48. The molecule has 132 valence electrons. The molecular formula is C19H29N3O2. The van der Waals surface area contributed by atoms with Gasteiger partial charge in [-0.15, -0.1) is 0 Å². The van der Waals surface area contributed by atoms with Gasteiger partial charge in [-0.3, -0.25) is 4.79 Å². The second-order valence-electron chi connectivity index (χ2n) is 7.93. The molecule has 1 aliphatic heterocycles. The predicted octanol–water partition coefficient (Wildman–Crippen LogP) is 2.44. The number of morpholine rings is 1. The van der Waals surface area contributed by atoms with E-state index >= 15 is 0 Å². The minimum absolute atomic E-state index is 0.0126. The molecule has 5 heteroatoms. The van der Waals surface area contributed by atoms with Crippen molar-refractivity contribution in [1.82, 2.24) is 10.2 Å². The van der Waals surface area contributed by atoms with Crippen LogP contribution in [0.15, 0.2) is 11.8 Å². The van der Waals surface area contributed by atoms with E-state index in [4.69, 9.17) is 4.74 Å². The van der Waals surface area contributed by atoms with Gasteiger partial charge in [-0.2, -0.15) is 5.26 Å². The van der Waals surface area contributed by atoms with Crippen molar-refractivity contribution in [2.24, 2.45) is 17.8 Å². The molecular weight excluding hydrogens is 302 g/mol. The molecule has 0 aromatic rings. The SMILES string of the molecule is CC1CN(C(=O)/C(C#N)=C\NC(C)C2CC3CCC2C3)CC(C)O1. The van der Waals surface area contributed by atoms with Crippen LogP contribution in [0.2, 0.25) is 0 Å². The van der Waals surface area contributed by atoms with Crippen molar-refractivity contribution >= 4 is 5.91 Å². The lowest BCUT2D eigenvalue weighted by molar-refractivity contribution is -0.138. The fraction of sp³-hybridized carbons (Fsp3) is 0.789. The van der Waals surface area contributed by atoms with Crippen LogP contribution in [0.3, 0.4) is 0 Å². The highest BCUT2D eigenvalue weighted by molar-refractivity contribution is 5.97. The summed E-state index contributed by atoms with van der Waals surface area (Å²) in [5.41, 5.74) is 0.200. The predicted molar refractivity (Wildman–Crippen MR) is 91.8 cm³/mol. The van der Waals surface area contributed by atoms with Crippen molar-refractivity contribution in [3.8, 4) is 6.07 Å². The summed E-state index contributed by atoms with van der Waals surface area (Å²) in [5, 5.41) is 12.7. The average molecular weight is 331 g/mol. The number of nitrogens with zero attached hydrogens (tertiary/aromatic N) is 2. The maximum atomic E-state index is 12.6. The van der Waals surface area contributed by atoms with E-state index in [9.17, 15) is 10.1 Å². The zero-order valence-corrected chi connectivity index (χ0v) is 15.0. The first kappa shape index (κ1) is 17.3. The molecule has 0 spiro atoms. The van der Waals surface area contributed by atoms with Gasteiger partial charge in [-0.05, 0) is 57.8 Å². The first-order chi connectivity index (χ1) is 11.5. The van der Waals surface area contributed by atoms with E-state index in [1.807, 2.05) is 13.8 Å². The lowest BCUT2D eigenvalue weighted by Gasteiger charge is -2.35. The summed E-state index contributed by atoms with van der Waals surface area (Å²) >= 11 is 0. The molecule has 3 fully saturated rings. The maximum absolute atomic E-state index is 12.6. The Hall–Kier alpha value is -1.54. The van der Waals surface area contributed by atoms with E-state index in [-0.39, 0.29) is 23.7 Å². The van der Waals surface area contributed by atoms with Crippen LogP contribution in [0.25, 0.3) is 0 Å². The number of ether oxygens (including phenoxy) is 1. The van der Waals surface area contributed by atoms with Crippen molar-refractivity contribution in [3.05, 3.63) is 11.8 Å². The van der Waals surface area contributed by atoms with E-state index in [1.54, 1.807) is 11.1 Å². The molecule has 6 atom stereocenters.